The minimum Gasteiger partial charge on any atom is -0.381 e. The highest BCUT2D eigenvalue weighted by Gasteiger charge is 2.34. The summed E-state index contributed by atoms with van der Waals surface area (Å²) < 4.78 is 5.55. The lowest BCUT2D eigenvalue weighted by atomic mass is 9.88. The first kappa shape index (κ1) is 21.2. The van der Waals surface area contributed by atoms with Crippen LogP contribution in [0.5, 0.6) is 0 Å². The molecule has 0 amide bonds. The Labute approximate surface area is 149 Å². The molecule has 0 aliphatic carbocycles. The SMILES string of the molecule is CCCCC(CCC)CNC(=NC)NCC1(N(C)C)CCOCC1. The summed E-state index contributed by atoms with van der Waals surface area (Å²) in [6, 6.07) is 0. The van der Waals surface area contributed by atoms with Gasteiger partial charge in [-0.05, 0) is 45.7 Å². The molecule has 0 radical (unpaired) electrons. The summed E-state index contributed by atoms with van der Waals surface area (Å²) >= 11 is 0. The van der Waals surface area contributed by atoms with Gasteiger partial charge in [0, 0.05) is 38.9 Å². The van der Waals surface area contributed by atoms with Gasteiger partial charge in [0.2, 0.25) is 0 Å². The van der Waals surface area contributed by atoms with Crippen molar-refractivity contribution in [2.75, 3.05) is 47.4 Å². The zero-order chi connectivity index (χ0) is 17.8. The molecule has 1 unspecified atom stereocenters. The molecule has 2 N–H and O–H groups in total. The normalized spacial score (nSPS) is 19.3. The van der Waals surface area contributed by atoms with Crippen molar-refractivity contribution in [1.82, 2.24) is 15.5 Å². The zero-order valence-electron chi connectivity index (χ0n) is 16.7. The van der Waals surface area contributed by atoms with Crippen molar-refractivity contribution in [2.24, 2.45) is 10.9 Å². The summed E-state index contributed by atoms with van der Waals surface area (Å²) in [6.07, 6.45) is 8.60. The molecule has 5 heteroatoms. The van der Waals surface area contributed by atoms with Crippen LogP contribution in [0.15, 0.2) is 4.99 Å². The van der Waals surface area contributed by atoms with E-state index in [4.69, 9.17) is 4.74 Å². The van der Waals surface area contributed by atoms with Crippen LogP contribution < -0.4 is 10.6 Å². The van der Waals surface area contributed by atoms with E-state index in [0.717, 1.165) is 51.0 Å². The molecular formula is C19H40N4O. The van der Waals surface area contributed by atoms with E-state index in [-0.39, 0.29) is 5.54 Å². The van der Waals surface area contributed by atoms with Gasteiger partial charge in [0.1, 0.15) is 0 Å². The fourth-order valence-electron chi connectivity index (χ4n) is 3.49. The Kier molecular flexibility index (Phi) is 10.3. The average Bonchev–Trinajstić information content (AvgIpc) is 2.60. The van der Waals surface area contributed by atoms with E-state index in [1.54, 1.807) is 0 Å². The second-order valence-corrected chi connectivity index (χ2v) is 7.33. The number of nitrogens with zero attached hydrogens (tertiary/aromatic N) is 2. The summed E-state index contributed by atoms with van der Waals surface area (Å²) in [6.45, 7) is 8.18. The number of likely N-dealkylation sites (N-methyl/N-ethyl adjacent to an activating group) is 1. The van der Waals surface area contributed by atoms with Gasteiger partial charge >= 0.3 is 0 Å². The second kappa shape index (κ2) is 11.7. The van der Waals surface area contributed by atoms with Gasteiger partial charge in [-0.2, -0.15) is 0 Å². The molecule has 1 rings (SSSR count). The summed E-state index contributed by atoms with van der Waals surface area (Å²) in [5, 5.41) is 7.10. The van der Waals surface area contributed by atoms with Crippen LogP contribution in [0.4, 0.5) is 0 Å². The number of aliphatic imine (C=N–C) groups is 1. The lowest BCUT2D eigenvalue weighted by molar-refractivity contribution is -0.00501. The summed E-state index contributed by atoms with van der Waals surface area (Å²) in [7, 11) is 6.21. The molecule has 0 saturated carbocycles. The first-order chi connectivity index (χ1) is 11.6. The Balaban J connectivity index is 2.48. The topological polar surface area (TPSA) is 48.9 Å². The van der Waals surface area contributed by atoms with Crippen LogP contribution in [0.1, 0.15) is 58.8 Å². The van der Waals surface area contributed by atoms with E-state index in [1.165, 1.54) is 32.1 Å². The van der Waals surface area contributed by atoms with Gasteiger partial charge in [0.25, 0.3) is 0 Å². The summed E-state index contributed by atoms with van der Waals surface area (Å²) in [5.74, 6) is 1.68. The van der Waals surface area contributed by atoms with Crippen LogP contribution >= 0.6 is 0 Å². The van der Waals surface area contributed by atoms with Crippen molar-refractivity contribution in [3.63, 3.8) is 0 Å². The van der Waals surface area contributed by atoms with E-state index >= 15 is 0 Å². The maximum Gasteiger partial charge on any atom is 0.191 e. The Bertz CT molecular complexity index is 351. The molecular weight excluding hydrogens is 300 g/mol. The van der Waals surface area contributed by atoms with Crippen LogP contribution in [0.3, 0.4) is 0 Å². The predicted molar refractivity (Wildman–Crippen MR) is 104 cm³/mol. The van der Waals surface area contributed by atoms with Crippen LogP contribution in [-0.4, -0.2) is 63.8 Å². The molecule has 142 valence electrons. The number of unbranched alkanes of at least 4 members (excludes halogenated alkanes) is 1. The molecule has 1 fully saturated rings. The molecule has 1 atom stereocenters. The molecule has 1 heterocycles. The van der Waals surface area contributed by atoms with Crippen molar-refractivity contribution in [3.8, 4) is 0 Å². The summed E-state index contributed by atoms with van der Waals surface area (Å²) in [4.78, 5) is 6.76. The van der Waals surface area contributed by atoms with Crippen LogP contribution in [-0.2, 0) is 4.74 Å². The molecule has 1 aliphatic rings. The fraction of sp³-hybridized carbons (Fsp3) is 0.947. The van der Waals surface area contributed by atoms with Gasteiger partial charge in [-0.3, -0.25) is 4.99 Å². The van der Waals surface area contributed by atoms with Gasteiger partial charge in [-0.25, -0.2) is 0 Å². The number of ether oxygens (including phenoxy) is 1. The van der Waals surface area contributed by atoms with E-state index in [1.807, 2.05) is 7.05 Å². The molecule has 24 heavy (non-hydrogen) atoms. The molecule has 0 bridgehead atoms. The van der Waals surface area contributed by atoms with Crippen molar-refractivity contribution in [2.45, 2.75) is 64.3 Å². The minimum absolute atomic E-state index is 0.168. The Hall–Kier alpha value is -0.810. The predicted octanol–water partition coefficient (Wildman–Crippen LogP) is 2.87. The van der Waals surface area contributed by atoms with Crippen LogP contribution in [0, 0.1) is 5.92 Å². The van der Waals surface area contributed by atoms with Crippen molar-refractivity contribution < 1.29 is 4.74 Å². The van der Waals surface area contributed by atoms with Gasteiger partial charge in [-0.15, -0.1) is 0 Å². The maximum absolute atomic E-state index is 5.55. The number of guanidine groups is 1. The molecule has 0 aromatic rings. The van der Waals surface area contributed by atoms with Gasteiger partial charge in [0.15, 0.2) is 5.96 Å². The molecule has 0 aromatic carbocycles. The van der Waals surface area contributed by atoms with Crippen molar-refractivity contribution >= 4 is 5.96 Å². The molecule has 0 aromatic heterocycles. The van der Waals surface area contributed by atoms with Gasteiger partial charge in [0.05, 0.1) is 0 Å². The third-order valence-corrected chi connectivity index (χ3v) is 5.40. The van der Waals surface area contributed by atoms with Crippen molar-refractivity contribution in [1.29, 1.82) is 0 Å². The highest BCUT2D eigenvalue weighted by molar-refractivity contribution is 5.79. The van der Waals surface area contributed by atoms with Crippen LogP contribution in [0.2, 0.25) is 0 Å². The third-order valence-electron chi connectivity index (χ3n) is 5.40. The quantitative estimate of drug-likeness (QED) is 0.474. The maximum atomic E-state index is 5.55. The number of hydrogen-bond acceptors (Lipinski definition) is 3. The van der Waals surface area contributed by atoms with Crippen LogP contribution in [0.25, 0.3) is 0 Å². The van der Waals surface area contributed by atoms with Gasteiger partial charge < -0.3 is 20.3 Å². The van der Waals surface area contributed by atoms with E-state index in [0.29, 0.717) is 0 Å². The van der Waals surface area contributed by atoms with Crippen molar-refractivity contribution in [3.05, 3.63) is 0 Å². The van der Waals surface area contributed by atoms with E-state index in [9.17, 15) is 0 Å². The monoisotopic (exact) mass is 340 g/mol. The number of hydrogen-bond donors (Lipinski definition) is 2. The Morgan fingerprint density at radius 1 is 1.12 bits per heavy atom. The minimum atomic E-state index is 0.168. The standard InChI is InChI=1S/C19H40N4O/c1-6-8-10-17(9-7-2)15-21-18(20-3)22-16-19(23(4)5)11-13-24-14-12-19/h17H,6-16H2,1-5H3,(H2,20,21,22). The molecule has 1 aliphatic heterocycles. The van der Waals surface area contributed by atoms with E-state index < -0.39 is 0 Å². The highest BCUT2D eigenvalue weighted by Crippen LogP contribution is 2.25. The molecule has 0 spiro atoms. The zero-order valence-corrected chi connectivity index (χ0v) is 16.7. The fourth-order valence-corrected chi connectivity index (χ4v) is 3.49. The Morgan fingerprint density at radius 2 is 1.83 bits per heavy atom. The average molecular weight is 341 g/mol. The number of rotatable bonds is 10. The number of nitrogens with one attached hydrogen (secondary N) is 2. The molecule has 1 saturated heterocycles. The largest absolute Gasteiger partial charge is 0.381 e. The highest BCUT2D eigenvalue weighted by atomic mass is 16.5. The lowest BCUT2D eigenvalue weighted by Gasteiger charge is -2.43. The molecule has 5 nitrogen and oxygen atoms in total. The lowest BCUT2D eigenvalue weighted by Crippen LogP contribution is -2.57. The third kappa shape index (κ3) is 6.98. The first-order valence-electron chi connectivity index (χ1n) is 9.77. The second-order valence-electron chi connectivity index (χ2n) is 7.33. The Morgan fingerprint density at radius 3 is 2.38 bits per heavy atom. The summed E-state index contributed by atoms with van der Waals surface area (Å²) in [5.41, 5.74) is 0.168. The first-order valence-corrected chi connectivity index (χ1v) is 9.77. The van der Waals surface area contributed by atoms with E-state index in [2.05, 4.69) is 48.5 Å². The smallest absolute Gasteiger partial charge is 0.191 e. The van der Waals surface area contributed by atoms with Gasteiger partial charge in [-0.1, -0.05) is 33.1 Å².